The van der Waals surface area contributed by atoms with Gasteiger partial charge in [0.1, 0.15) is 0 Å². The number of carboxylic acids is 1. The maximum atomic E-state index is 12.4. The molecule has 3 aromatic carbocycles. The van der Waals surface area contributed by atoms with Crippen LogP contribution in [-0.4, -0.2) is 16.9 Å². The summed E-state index contributed by atoms with van der Waals surface area (Å²) in [5.41, 5.74) is 3.12. The van der Waals surface area contributed by atoms with Gasteiger partial charge in [0.15, 0.2) is 5.78 Å². The molecule has 0 radical (unpaired) electrons. The Morgan fingerprint density at radius 3 is 2.52 bits per heavy atom. The average molecular weight is 304 g/mol. The molecule has 0 aliphatic heterocycles. The largest absolute Gasteiger partial charge is 0.481 e. The van der Waals surface area contributed by atoms with Crippen molar-refractivity contribution in [1.29, 1.82) is 0 Å². The lowest BCUT2D eigenvalue weighted by atomic mass is 9.93. The highest BCUT2D eigenvalue weighted by molar-refractivity contribution is 6.10. The van der Waals surface area contributed by atoms with Gasteiger partial charge in [0, 0.05) is 12.0 Å². The molecule has 3 nitrogen and oxygen atoms in total. The van der Waals surface area contributed by atoms with Crippen molar-refractivity contribution in [2.75, 3.05) is 0 Å². The van der Waals surface area contributed by atoms with Gasteiger partial charge in [-0.25, -0.2) is 0 Å². The average Bonchev–Trinajstić information content (AvgIpc) is 2.99. The SMILES string of the molecule is O=C(O)CCC(=O)c1ccc2cc3ccccc3c3c2c1CC3. The van der Waals surface area contributed by atoms with Gasteiger partial charge in [0.2, 0.25) is 0 Å². The molecule has 0 heterocycles. The molecule has 0 fully saturated rings. The van der Waals surface area contributed by atoms with Crippen LogP contribution in [0.5, 0.6) is 0 Å². The van der Waals surface area contributed by atoms with E-state index in [0.29, 0.717) is 5.56 Å². The van der Waals surface area contributed by atoms with E-state index in [0.717, 1.165) is 18.4 Å². The van der Waals surface area contributed by atoms with Crippen molar-refractivity contribution in [1.82, 2.24) is 0 Å². The maximum Gasteiger partial charge on any atom is 0.303 e. The summed E-state index contributed by atoms with van der Waals surface area (Å²) in [6.45, 7) is 0. The number of carbonyl (C=O) groups is 2. The highest BCUT2D eigenvalue weighted by atomic mass is 16.4. The highest BCUT2D eigenvalue weighted by Gasteiger charge is 2.23. The van der Waals surface area contributed by atoms with Crippen LogP contribution in [0.3, 0.4) is 0 Å². The topological polar surface area (TPSA) is 54.4 Å². The number of aliphatic carboxylic acids is 1. The molecule has 1 aliphatic rings. The third-order valence-electron chi connectivity index (χ3n) is 4.74. The standard InChI is InChI=1S/C20H16O3/c21-18(9-10-19(22)23)15-6-5-13-11-12-3-1-2-4-14(12)16-7-8-17(15)20(13)16/h1-6,11H,7-10H2,(H,22,23). The number of fused-ring (bicyclic) bond motifs is 2. The minimum atomic E-state index is -0.928. The Kier molecular flexibility index (Phi) is 3.15. The molecule has 1 aliphatic carbocycles. The van der Waals surface area contributed by atoms with Crippen molar-refractivity contribution in [3.05, 3.63) is 59.2 Å². The van der Waals surface area contributed by atoms with Crippen LogP contribution in [0, 0.1) is 0 Å². The van der Waals surface area contributed by atoms with Crippen LogP contribution in [-0.2, 0) is 17.6 Å². The van der Waals surface area contributed by atoms with Gasteiger partial charge < -0.3 is 5.11 Å². The van der Waals surface area contributed by atoms with Crippen LogP contribution in [0.15, 0.2) is 42.5 Å². The first-order valence-electron chi connectivity index (χ1n) is 7.86. The molecule has 23 heavy (non-hydrogen) atoms. The predicted octanol–water partition coefficient (Wildman–Crippen LogP) is 4.14. The van der Waals surface area contributed by atoms with Crippen molar-refractivity contribution >= 4 is 33.3 Å². The third-order valence-corrected chi connectivity index (χ3v) is 4.74. The molecule has 1 N–H and O–H groups in total. The second-order valence-corrected chi connectivity index (χ2v) is 6.08. The van der Waals surface area contributed by atoms with Gasteiger partial charge in [0.05, 0.1) is 6.42 Å². The van der Waals surface area contributed by atoms with E-state index >= 15 is 0 Å². The van der Waals surface area contributed by atoms with E-state index in [1.54, 1.807) is 0 Å². The van der Waals surface area contributed by atoms with E-state index in [1.165, 1.54) is 27.1 Å². The quantitative estimate of drug-likeness (QED) is 0.582. The Morgan fingerprint density at radius 2 is 1.70 bits per heavy atom. The minimum Gasteiger partial charge on any atom is -0.481 e. The Labute approximate surface area is 133 Å². The van der Waals surface area contributed by atoms with Crippen molar-refractivity contribution in [2.45, 2.75) is 25.7 Å². The molecule has 0 saturated carbocycles. The van der Waals surface area contributed by atoms with Crippen LogP contribution in [0.25, 0.3) is 21.5 Å². The maximum absolute atomic E-state index is 12.4. The zero-order chi connectivity index (χ0) is 16.0. The van der Waals surface area contributed by atoms with Crippen molar-refractivity contribution in [3.8, 4) is 0 Å². The van der Waals surface area contributed by atoms with E-state index in [-0.39, 0.29) is 18.6 Å². The van der Waals surface area contributed by atoms with E-state index in [2.05, 4.69) is 18.2 Å². The second-order valence-electron chi connectivity index (χ2n) is 6.08. The van der Waals surface area contributed by atoms with Gasteiger partial charge in [-0.05, 0) is 51.6 Å². The minimum absolute atomic E-state index is 0.0645. The molecule has 0 spiro atoms. The fourth-order valence-corrected chi connectivity index (χ4v) is 3.73. The van der Waals surface area contributed by atoms with E-state index in [1.807, 2.05) is 24.3 Å². The summed E-state index contributed by atoms with van der Waals surface area (Å²) in [5, 5.41) is 13.6. The molecular formula is C20H16O3. The number of ketones is 1. The molecule has 0 unspecified atom stereocenters. The van der Waals surface area contributed by atoms with Crippen LogP contribution in [0.4, 0.5) is 0 Å². The molecule has 0 aromatic heterocycles. The molecule has 4 rings (SSSR count). The monoisotopic (exact) mass is 304 g/mol. The number of carbonyl (C=O) groups excluding carboxylic acids is 1. The number of rotatable bonds is 4. The number of carboxylic acid groups (broad SMARTS) is 1. The molecule has 114 valence electrons. The number of hydrogen-bond acceptors (Lipinski definition) is 2. The van der Waals surface area contributed by atoms with E-state index < -0.39 is 5.97 Å². The zero-order valence-electron chi connectivity index (χ0n) is 12.6. The lowest BCUT2D eigenvalue weighted by Crippen LogP contribution is -2.06. The predicted molar refractivity (Wildman–Crippen MR) is 90.1 cm³/mol. The summed E-state index contributed by atoms with van der Waals surface area (Å²) in [4.78, 5) is 23.1. The van der Waals surface area contributed by atoms with Gasteiger partial charge in [-0.1, -0.05) is 36.4 Å². The molecule has 0 saturated heterocycles. The van der Waals surface area contributed by atoms with Crippen LogP contribution >= 0.6 is 0 Å². The van der Waals surface area contributed by atoms with E-state index in [4.69, 9.17) is 5.11 Å². The molecule has 0 bridgehead atoms. The van der Waals surface area contributed by atoms with Crippen molar-refractivity contribution in [3.63, 3.8) is 0 Å². The Hall–Kier alpha value is -2.68. The highest BCUT2D eigenvalue weighted by Crippen LogP contribution is 2.38. The zero-order valence-corrected chi connectivity index (χ0v) is 12.6. The van der Waals surface area contributed by atoms with Crippen LogP contribution in [0.1, 0.15) is 34.3 Å². The van der Waals surface area contributed by atoms with Crippen LogP contribution < -0.4 is 0 Å². The lowest BCUT2D eigenvalue weighted by Gasteiger charge is -2.10. The first kappa shape index (κ1) is 13.9. The molecular weight excluding hydrogens is 288 g/mol. The molecule has 3 heteroatoms. The third kappa shape index (κ3) is 2.20. The second kappa shape index (κ2) is 5.20. The van der Waals surface area contributed by atoms with E-state index in [9.17, 15) is 9.59 Å². The normalized spacial score (nSPS) is 12.9. The number of Topliss-reactive ketones (excluding diaryl/α,β-unsaturated/α-hetero) is 1. The van der Waals surface area contributed by atoms with Crippen molar-refractivity contribution in [2.24, 2.45) is 0 Å². The van der Waals surface area contributed by atoms with Gasteiger partial charge in [-0.3, -0.25) is 9.59 Å². The smallest absolute Gasteiger partial charge is 0.303 e. The summed E-state index contributed by atoms with van der Waals surface area (Å²) in [5.74, 6) is -0.993. The molecule has 3 aromatic rings. The summed E-state index contributed by atoms with van der Waals surface area (Å²) < 4.78 is 0. The van der Waals surface area contributed by atoms with Gasteiger partial charge in [0.25, 0.3) is 0 Å². The Morgan fingerprint density at radius 1 is 0.913 bits per heavy atom. The fourth-order valence-electron chi connectivity index (χ4n) is 3.73. The van der Waals surface area contributed by atoms with Crippen LogP contribution in [0.2, 0.25) is 0 Å². The summed E-state index contributed by atoms with van der Waals surface area (Å²) in [6, 6.07) is 14.4. The van der Waals surface area contributed by atoms with Crippen molar-refractivity contribution < 1.29 is 14.7 Å². The fraction of sp³-hybridized carbons (Fsp3) is 0.200. The summed E-state index contributed by atoms with van der Waals surface area (Å²) >= 11 is 0. The first-order valence-corrected chi connectivity index (χ1v) is 7.86. The number of hydrogen-bond donors (Lipinski definition) is 1. The van der Waals surface area contributed by atoms with Gasteiger partial charge >= 0.3 is 5.97 Å². The Bertz CT molecular complexity index is 969. The summed E-state index contributed by atoms with van der Waals surface area (Å²) in [7, 11) is 0. The first-order chi connectivity index (χ1) is 11.1. The van der Waals surface area contributed by atoms with Gasteiger partial charge in [-0.2, -0.15) is 0 Å². The molecule has 0 atom stereocenters. The number of aryl methyl sites for hydroxylation is 2. The number of benzene rings is 3. The van der Waals surface area contributed by atoms with Gasteiger partial charge in [-0.15, -0.1) is 0 Å². The summed E-state index contributed by atoms with van der Waals surface area (Å²) in [6.07, 6.45) is 1.75. The Balaban J connectivity index is 1.90. The molecule has 0 amide bonds. The lowest BCUT2D eigenvalue weighted by molar-refractivity contribution is -0.136.